The summed E-state index contributed by atoms with van der Waals surface area (Å²) in [6.45, 7) is 0. The van der Waals surface area contributed by atoms with Crippen molar-refractivity contribution in [2.24, 2.45) is 0 Å². The quantitative estimate of drug-likeness (QED) is 0.673. The summed E-state index contributed by atoms with van der Waals surface area (Å²) in [7, 11) is 5.98. The van der Waals surface area contributed by atoms with Crippen LogP contribution in [-0.4, -0.2) is 31.0 Å². The van der Waals surface area contributed by atoms with Gasteiger partial charge in [-0.1, -0.05) is 6.07 Å². The van der Waals surface area contributed by atoms with E-state index in [-0.39, 0.29) is 6.17 Å². The van der Waals surface area contributed by atoms with E-state index in [4.69, 9.17) is 0 Å². The smallest absolute Gasteiger partial charge is 0.103 e. The summed E-state index contributed by atoms with van der Waals surface area (Å²) in [5, 5.41) is 3.18. The van der Waals surface area contributed by atoms with Gasteiger partial charge in [-0.3, -0.25) is 15.2 Å². The van der Waals surface area contributed by atoms with Gasteiger partial charge >= 0.3 is 0 Å². The number of nitrogens with zero attached hydrogens (tertiary/aromatic N) is 2. The van der Waals surface area contributed by atoms with Gasteiger partial charge in [0.15, 0.2) is 0 Å². The summed E-state index contributed by atoms with van der Waals surface area (Å²) in [4.78, 5) is 6.35. The summed E-state index contributed by atoms with van der Waals surface area (Å²) in [5.41, 5.74) is 1.05. The standard InChI is InChI=1S/C9H15N3/c1-10-9(12(2)3)8-6-4-5-7-11-8/h4-7,9-10H,1-3H3. The molecule has 1 N–H and O–H groups in total. The van der Waals surface area contributed by atoms with Crippen molar-refractivity contribution in [2.75, 3.05) is 21.1 Å². The van der Waals surface area contributed by atoms with Crippen LogP contribution in [0.3, 0.4) is 0 Å². The average Bonchev–Trinajstić information content (AvgIpc) is 2.07. The molecule has 1 aromatic rings. The molecule has 1 heterocycles. The van der Waals surface area contributed by atoms with E-state index in [1.165, 1.54) is 0 Å². The minimum absolute atomic E-state index is 0.200. The fourth-order valence-electron chi connectivity index (χ4n) is 1.21. The average molecular weight is 165 g/mol. The third kappa shape index (κ3) is 2.03. The second-order valence-corrected chi connectivity index (χ2v) is 2.91. The molecule has 0 aliphatic carbocycles. The zero-order valence-corrected chi connectivity index (χ0v) is 7.78. The number of pyridine rings is 1. The number of nitrogens with one attached hydrogen (secondary N) is 1. The SMILES string of the molecule is CNC(c1ccccn1)N(C)C. The van der Waals surface area contributed by atoms with E-state index < -0.39 is 0 Å². The molecule has 0 fully saturated rings. The lowest BCUT2D eigenvalue weighted by Gasteiger charge is -2.22. The number of hydrogen-bond donors (Lipinski definition) is 1. The van der Waals surface area contributed by atoms with Crippen LogP contribution in [0, 0.1) is 0 Å². The second kappa shape index (κ2) is 4.18. The lowest BCUT2D eigenvalue weighted by atomic mass is 10.3. The molecule has 0 spiro atoms. The van der Waals surface area contributed by atoms with Crippen molar-refractivity contribution in [1.29, 1.82) is 0 Å². The first-order valence-electron chi connectivity index (χ1n) is 4.00. The first kappa shape index (κ1) is 9.16. The normalized spacial score (nSPS) is 13.3. The summed E-state index contributed by atoms with van der Waals surface area (Å²) in [6.07, 6.45) is 2.01. The molecule has 12 heavy (non-hydrogen) atoms. The van der Waals surface area contributed by atoms with Crippen molar-refractivity contribution >= 4 is 0 Å². The highest BCUT2D eigenvalue weighted by atomic mass is 15.2. The molecular formula is C9H15N3. The molecule has 3 nitrogen and oxygen atoms in total. The predicted molar refractivity (Wildman–Crippen MR) is 49.7 cm³/mol. The molecule has 0 aliphatic heterocycles. The van der Waals surface area contributed by atoms with Crippen molar-refractivity contribution in [2.45, 2.75) is 6.17 Å². The van der Waals surface area contributed by atoms with Gasteiger partial charge in [0, 0.05) is 6.20 Å². The predicted octanol–water partition coefficient (Wildman–Crippen LogP) is 0.861. The maximum absolute atomic E-state index is 4.27. The summed E-state index contributed by atoms with van der Waals surface area (Å²) in [5.74, 6) is 0. The molecule has 0 saturated heterocycles. The van der Waals surface area contributed by atoms with Crippen LogP contribution in [0.15, 0.2) is 24.4 Å². The van der Waals surface area contributed by atoms with Gasteiger partial charge in [-0.2, -0.15) is 0 Å². The fraction of sp³-hybridized carbons (Fsp3) is 0.444. The van der Waals surface area contributed by atoms with Gasteiger partial charge < -0.3 is 0 Å². The van der Waals surface area contributed by atoms with Gasteiger partial charge in [0.1, 0.15) is 6.17 Å². The Labute approximate surface area is 73.4 Å². The second-order valence-electron chi connectivity index (χ2n) is 2.91. The van der Waals surface area contributed by atoms with E-state index in [0.717, 1.165) is 5.69 Å². The monoisotopic (exact) mass is 165 g/mol. The molecule has 1 unspecified atom stereocenters. The fourth-order valence-corrected chi connectivity index (χ4v) is 1.21. The van der Waals surface area contributed by atoms with Crippen LogP contribution in [0.2, 0.25) is 0 Å². The van der Waals surface area contributed by atoms with E-state index in [1.807, 2.05) is 45.5 Å². The Morgan fingerprint density at radius 1 is 1.42 bits per heavy atom. The van der Waals surface area contributed by atoms with Gasteiger partial charge in [0.25, 0.3) is 0 Å². The van der Waals surface area contributed by atoms with Crippen LogP contribution in [-0.2, 0) is 0 Å². The Morgan fingerprint density at radius 2 is 2.17 bits per heavy atom. The first-order chi connectivity index (χ1) is 5.75. The Hall–Kier alpha value is -0.930. The zero-order valence-electron chi connectivity index (χ0n) is 7.78. The first-order valence-corrected chi connectivity index (χ1v) is 4.00. The van der Waals surface area contributed by atoms with E-state index in [9.17, 15) is 0 Å². The summed E-state index contributed by atoms with van der Waals surface area (Å²) >= 11 is 0. The van der Waals surface area contributed by atoms with Crippen LogP contribution < -0.4 is 5.32 Å². The van der Waals surface area contributed by atoms with Gasteiger partial charge in [-0.15, -0.1) is 0 Å². The molecule has 3 heteroatoms. The Bertz CT molecular complexity index is 220. The molecule has 66 valence electrons. The van der Waals surface area contributed by atoms with Gasteiger partial charge in [-0.25, -0.2) is 0 Å². The highest BCUT2D eigenvalue weighted by Gasteiger charge is 2.10. The summed E-state index contributed by atoms with van der Waals surface area (Å²) < 4.78 is 0. The van der Waals surface area contributed by atoms with Gasteiger partial charge in [0.05, 0.1) is 5.69 Å². The van der Waals surface area contributed by atoms with Gasteiger partial charge in [-0.05, 0) is 33.3 Å². The van der Waals surface area contributed by atoms with Crippen molar-refractivity contribution in [3.63, 3.8) is 0 Å². The van der Waals surface area contributed by atoms with E-state index >= 15 is 0 Å². The highest BCUT2D eigenvalue weighted by Crippen LogP contribution is 2.09. The Balaban J connectivity index is 2.80. The molecule has 1 rings (SSSR count). The number of rotatable bonds is 3. The van der Waals surface area contributed by atoms with Gasteiger partial charge in [0.2, 0.25) is 0 Å². The van der Waals surface area contributed by atoms with Crippen molar-refractivity contribution in [1.82, 2.24) is 15.2 Å². The topological polar surface area (TPSA) is 28.2 Å². The van der Waals surface area contributed by atoms with Crippen LogP contribution in [0.1, 0.15) is 11.9 Å². The van der Waals surface area contributed by atoms with Crippen LogP contribution >= 0.6 is 0 Å². The van der Waals surface area contributed by atoms with Crippen molar-refractivity contribution < 1.29 is 0 Å². The molecule has 0 bridgehead atoms. The number of aromatic nitrogens is 1. The third-order valence-corrected chi connectivity index (χ3v) is 1.76. The lowest BCUT2D eigenvalue weighted by Crippen LogP contribution is -2.31. The molecule has 0 amide bonds. The lowest BCUT2D eigenvalue weighted by molar-refractivity contribution is 0.259. The molecule has 1 atom stereocenters. The van der Waals surface area contributed by atoms with Crippen molar-refractivity contribution in [3.8, 4) is 0 Å². The van der Waals surface area contributed by atoms with E-state index in [1.54, 1.807) is 0 Å². The third-order valence-electron chi connectivity index (χ3n) is 1.76. The zero-order chi connectivity index (χ0) is 8.97. The Morgan fingerprint density at radius 3 is 2.58 bits per heavy atom. The number of hydrogen-bond acceptors (Lipinski definition) is 3. The molecule has 0 aliphatic rings. The summed E-state index contributed by atoms with van der Waals surface area (Å²) in [6, 6.07) is 5.93. The minimum atomic E-state index is 0.200. The molecule has 0 saturated carbocycles. The van der Waals surface area contributed by atoms with Crippen LogP contribution in [0.25, 0.3) is 0 Å². The maximum Gasteiger partial charge on any atom is 0.103 e. The van der Waals surface area contributed by atoms with Crippen LogP contribution in [0.4, 0.5) is 0 Å². The minimum Gasteiger partial charge on any atom is -0.300 e. The molecule has 1 aromatic heterocycles. The molecule has 0 radical (unpaired) electrons. The van der Waals surface area contributed by atoms with E-state index in [2.05, 4.69) is 15.2 Å². The molecule has 0 aromatic carbocycles. The largest absolute Gasteiger partial charge is 0.300 e. The van der Waals surface area contributed by atoms with Crippen molar-refractivity contribution in [3.05, 3.63) is 30.1 Å². The van der Waals surface area contributed by atoms with Crippen LogP contribution in [0.5, 0.6) is 0 Å². The Kier molecular flexibility index (Phi) is 3.19. The maximum atomic E-state index is 4.27. The highest BCUT2D eigenvalue weighted by molar-refractivity contribution is 5.07. The van der Waals surface area contributed by atoms with E-state index in [0.29, 0.717) is 0 Å². The molecular weight excluding hydrogens is 150 g/mol.